The molecule has 23 heavy (non-hydrogen) atoms. The fourth-order valence-corrected chi connectivity index (χ4v) is 3.59. The van der Waals surface area contributed by atoms with Crippen LogP contribution in [0.15, 0.2) is 22.7 Å². The van der Waals surface area contributed by atoms with Crippen LogP contribution in [0, 0.1) is 0 Å². The summed E-state index contributed by atoms with van der Waals surface area (Å²) in [6.07, 6.45) is 3.08. The van der Waals surface area contributed by atoms with E-state index in [0.29, 0.717) is 24.5 Å². The predicted octanol–water partition coefficient (Wildman–Crippen LogP) is 1.81. The summed E-state index contributed by atoms with van der Waals surface area (Å²) >= 11 is 0. The standard InChI is InChI=1S/C17H19N3O3/c21-15-4-3-13(17(22)19-15)16-12-2-1-11(9-14(12)23-20-16)10-5-7-18-8-6-10/h1-2,9-10,13,18H,3-8H2,(H,19,21,22). The minimum Gasteiger partial charge on any atom is -0.356 e. The monoisotopic (exact) mass is 313 g/mol. The second kappa shape index (κ2) is 5.77. The van der Waals surface area contributed by atoms with Gasteiger partial charge in [0.1, 0.15) is 5.69 Å². The molecule has 2 aromatic rings. The largest absolute Gasteiger partial charge is 0.356 e. The number of nitrogens with one attached hydrogen (secondary N) is 2. The molecule has 1 atom stereocenters. The third-order valence-electron chi connectivity index (χ3n) is 4.90. The lowest BCUT2D eigenvalue weighted by atomic mass is 9.88. The number of fused-ring (bicyclic) bond motifs is 1. The van der Waals surface area contributed by atoms with Crippen LogP contribution in [0.4, 0.5) is 0 Å². The van der Waals surface area contributed by atoms with Crippen molar-refractivity contribution >= 4 is 22.8 Å². The number of rotatable bonds is 2. The van der Waals surface area contributed by atoms with E-state index in [-0.39, 0.29) is 11.8 Å². The topological polar surface area (TPSA) is 84.2 Å². The number of benzene rings is 1. The number of hydrogen-bond acceptors (Lipinski definition) is 5. The number of piperidine rings is 2. The molecule has 4 rings (SSSR count). The third kappa shape index (κ3) is 2.63. The van der Waals surface area contributed by atoms with Crippen LogP contribution in [-0.2, 0) is 9.59 Å². The van der Waals surface area contributed by atoms with Gasteiger partial charge >= 0.3 is 0 Å². The molecule has 1 aromatic carbocycles. The molecule has 2 fully saturated rings. The Hall–Kier alpha value is -2.21. The Labute approximate surface area is 133 Å². The van der Waals surface area contributed by atoms with Gasteiger partial charge in [-0.05, 0) is 56.0 Å². The van der Waals surface area contributed by atoms with Gasteiger partial charge < -0.3 is 9.84 Å². The van der Waals surface area contributed by atoms with Crippen LogP contribution in [0.3, 0.4) is 0 Å². The number of nitrogens with zero attached hydrogens (tertiary/aromatic N) is 1. The van der Waals surface area contributed by atoms with Crippen molar-refractivity contribution in [1.29, 1.82) is 0 Å². The van der Waals surface area contributed by atoms with Gasteiger partial charge in [-0.1, -0.05) is 11.2 Å². The van der Waals surface area contributed by atoms with Crippen LogP contribution >= 0.6 is 0 Å². The maximum Gasteiger partial charge on any atom is 0.235 e. The van der Waals surface area contributed by atoms with Crippen LogP contribution < -0.4 is 10.6 Å². The number of imide groups is 1. The summed E-state index contributed by atoms with van der Waals surface area (Å²) in [7, 11) is 0. The number of carbonyl (C=O) groups is 2. The van der Waals surface area contributed by atoms with Gasteiger partial charge in [0.25, 0.3) is 0 Å². The van der Waals surface area contributed by atoms with E-state index in [0.717, 1.165) is 36.9 Å². The summed E-state index contributed by atoms with van der Waals surface area (Å²) < 4.78 is 5.48. The minimum absolute atomic E-state index is 0.216. The normalized spacial score (nSPS) is 23.2. The summed E-state index contributed by atoms with van der Waals surface area (Å²) in [5.41, 5.74) is 2.63. The molecule has 2 saturated heterocycles. The molecule has 2 N–H and O–H groups in total. The first-order chi connectivity index (χ1) is 11.2. The van der Waals surface area contributed by atoms with Crippen LogP contribution in [-0.4, -0.2) is 30.1 Å². The molecular weight excluding hydrogens is 294 g/mol. The third-order valence-corrected chi connectivity index (χ3v) is 4.90. The first-order valence-electron chi connectivity index (χ1n) is 8.16. The molecule has 2 aliphatic rings. The highest BCUT2D eigenvalue weighted by Crippen LogP contribution is 2.33. The van der Waals surface area contributed by atoms with Crippen molar-refractivity contribution in [2.45, 2.75) is 37.5 Å². The van der Waals surface area contributed by atoms with E-state index < -0.39 is 5.92 Å². The van der Waals surface area contributed by atoms with E-state index in [9.17, 15) is 9.59 Å². The lowest BCUT2D eigenvalue weighted by Gasteiger charge is -2.22. The van der Waals surface area contributed by atoms with Crippen molar-refractivity contribution < 1.29 is 14.1 Å². The number of amides is 2. The Bertz CT molecular complexity index is 762. The molecule has 0 aliphatic carbocycles. The van der Waals surface area contributed by atoms with Crippen molar-refractivity contribution in [3.05, 3.63) is 29.5 Å². The summed E-state index contributed by atoms with van der Waals surface area (Å²) in [4.78, 5) is 23.3. The Kier molecular flexibility index (Phi) is 3.61. The van der Waals surface area contributed by atoms with Gasteiger partial charge in [0, 0.05) is 11.8 Å². The first kappa shape index (κ1) is 14.4. The Morgan fingerprint density at radius 2 is 1.96 bits per heavy atom. The Morgan fingerprint density at radius 1 is 1.13 bits per heavy atom. The van der Waals surface area contributed by atoms with Gasteiger partial charge in [-0.25, -0.2) is 0 Å². The fourth-order valence-electron chi connectivity index (χ4n) is 3.59. The van der Waals surface area contributed by atoms with Crippen molar-refractivity contribution in [3.63, 3.8) is 0 Å². The molecule has 0 bridgehead atoms. The van der Waals surface area contributed by atoms with Crippen LogP contribution in [0.25, 0.3) is 11.0 Å². The highest BCUT2D eigenvalue weighted by molar-refractivity contribution is 6.02. The quantitative estimate of drug-likeness (QED) is 0.826. The average Bonchev–Trinajstić information content (AvgIpc) is 2.99. The van der Waals surface area contributed by atoms with Crippen molar-refractivity contribution in [2.75, 3.05) is 13.1 Å². The van der Waals surface area contributed by atoms with E-state index >= 15 is 0 Å². The zero-order chi connectivity index (χ0) is 15.8. The van der Waals surface area contributed by atoms with Gasteiger partial charge in [0.15, 0.2) is 5.58 Å². The summed E-state index contributed by atoms with van der Waals surface area (Å²) in [5, 5.41) is 10.7. The van der Waals surface area contributed by atoms with E-state index in [1.165, 1.54) is 5.56 Å². The van der Waals surface area contributed by atoms with Crippen LogP contribution in [0.1, 0.15) is 48.8 Å². The van der Waals surface area contributed by atoms with Gasteiger partial charge in [-0.15, -0.1) is 0 Å². The molecule has 2 aliphatic heterocycles. The zero-order valence-corrected chi connectivity index (χ0v) is 12.8. The molecule has 3 heterocycles. The molecule has 0 saturated carbocycles. The van der Waals surface area contributed by atoms with Gasteiger partial charge in [0.2, 0.25) is 11.8 Å². The molecule has 120 valence electrons. The summed E-state index contributed by atoms with van der Waals surface area (Å²) in [5.74, 6) is -0.352. The van der Waals surface area contributed by atoms with Crippen molar-refractivity contribution in [1.82, 2.24) is 15.8 Å². The number of aromatic nitrogens is 1. The molecule has 0 spiro atoms. The van der Waals surface area contributed by atoms with Crippen LogP contribution in [0.2, 0.25) is 0 Å². The zero-order valence-electron chi connectivity index (χ0n) is 12.8. The van der Waals surface area contributed by atoms with E-state index in [2.05, 4.69) is 21.9 Å². The maximum atomic E-state index is 12.0. The van der Waals surface area contributed by atoms with E-state index in [1.807, 2.05) is 12.1 Å². The lowest BCUT2D eigenvalue weighted by Crippen LogP contribution is -2.39. The summed E-state index contributed by atoms with van der Waals surface area (Å²) in [6.45, 7) is 2.08. The highest BCUT2D eigenvalue weighted by atomic mass is 16.5. The SMILES string of the molecule is O=C1CCC(c2noc3cc(C4CCNCC4)ccc23)C(=O)N1. The van der Waals surface area contributed by atoms with Crippen molar-refractivity contribution in [3.8, 4) is 0 Å². The average molecular weight is 313 g/mol. The molecule has 0 radical (unpaired) electrons. The lowest BCUT2D eigenvalue weighted by molar-refractivity contribution is -0.134. The van der Waals surface area contributed by atoms with E-state index in [1.54, 1.807) is 0 Å². The molecule has 6 heteroatoms. The summed E-state index contributed by atoms with van der Waals surface area (Å²) in [6, 6.07) is 6.17. The molecule has 1 aromatic heterocycles. The number of hydrogen-bond donors (Lipinski definition) is 2. The van der Waals surface area contributed by atoms with Crippen LogP contribution in [0.5, 0.6) is 0 Å². The fraction of sp³-hybridized carbons (Fsp3) is 0.471. The molecule has 2 amide bonds. The van der Waals surface area contributed by atoms with Gasteiger partial charge in [0.05, 0.1) is 5.92 Å². The molecular formula is C17H19N3O3. The van der Waals surface area contributed by atoms with Crippen molar-refractivity contribution in [2.24, 2.45) is 0 Å². The predicted molar refractivity (Wildman–Crippen MR) is 84.0 cm³/mol. The molecule has 6 nitrogen and oxygen atoms in total. The second-order valence-electron chi connectivity index (χ2n) is 6.35. The minimum atomic E-state index is -0.404. The van der Waals surface area contributed by atoms with E-state index in [4.69, 9.17) is 4.52 Å². The first-order valence-corrected chi connectivity index (χ1v) is 8.16. The smallest absolute Gasteiger partial charge is 0.235 e. The molecule has 1 unspecified atom stereocenters. The van der Waals surface area contributed by atoms with Gasteiger partial charge in [-0.3, -0.25) is 14.9 Å². The maximum absolute atomic E-state index is 12.0. The highest BCUT2D eigenvalue weighted by Gasteiger charge is 2.32. The Balaban J connectivity index is 1.65. The number of carbonyl (C=O) groups excluding carboxylic acids is 2. The second-order valence-corrected chi connectivity index (χ2v) is 6.35. The van der Waals surface area contributed by atoms with Gasteiger partial charge in [-0.2, -0.15) is 0 Å². The Morgan fingerprint density at radius 3 is 2.74 bits per heavy atom.